The zero-order valence-electron chi connectivity index (χ0n) is 16.8. The predicted octanol–water partition coefficient (Wildman–Crippen LogP) is 1.53. The summed E-state index contributed by atoms with van der Waals surface area (Å²) in [6.45, 7) is 3.09. The van der Waals surface area contributed by atoms with Gasteiger partial charge in [-0.25, -0.2) is 0 Å². The van der Waals surface area contributed by atoms with Crippen molar-refractivity contribution in [1.29, 1.82) is 0 Å². The highest BCUT2D eigenvalue weighted by atomic mass is 16.3. The van der Waals surface area contributed by atoms with Crippen LogP contribution in [0.5, 0.6) is 0 Å². The fraction of sp³-hybridized carbons (Fsp3) is 0.250. The summed E-state index contributed by atoms with van der Waals surface area (Å²) in [7, 11) is 0. The van der Waals surface area contributed by atoms with Crippen molar-refractivity contribution in [2.45, 2.75) is 6.04 Å². The van der Waals surface area contributed by atoms with E-state index in [1.165, 1.54) is 11.2 Å². The normalized spacial score (nSPS) is 14.6. The molecule has 0 bridgehead atoms. The maximum atomic E-state index is 12.8. The van der Waals surface area contributed by atoms with Crippen LogP contribution in [0.4, 0.5) is 0 Å². The number of quaternary nitrogens is 1. The Balaban J connectivity index is 1.35. The van der Waals surface area contributed by atoms with Crippen LogP contribution in [-0.4, -0.2) is 49.4 Å². The summed E-state index contributed by atoms with van der Waals surface area (Å²) < 4.78 is 5.21. The Morgan fingerprint density at radius 3 is 2.03 bits per heavy atom. The number of carbonyl (C=O) groups is 2. The van der Waals surface area contributed by atoms with Gasteiger partial charge in [-0.3, -0.25) is 9.59 Å². The van der Waals surface area contributed by atoms with Crippen LogP contribution in [0.1, 0.15) is 27.7 Å². The van der Waals surface area contributed by atoms with Gasteiger partial charge in [-0.1, -0.05) is 60.7 Å². The summed E-state index contributed by atoms with van der Waals surface area (Å²) in [5.41, 5.74) is 2.11. The fourth-order valence-electron chi connectivity index (χ4n) is 3.85. The highest BCUT2D eigenvalue weighted by molar-refractivity contribution is 5.91. The van der Waals surface area contributed by atoms with E-state index in [4.69, 9.17) is 4.42 Å². The first kappa shape index (κ1) is 19.9. The van der Waals surface area contributed by atoms with Crippen molar-refractivity contribution < 1.29 is 18.9 Å². The lowest BCUT2D eigenvalue weighted by Gasteiger charge is -2.31. The van der Waals surface area contributed by atoms with Gasteiger partial charge in [0.05, 0.1) is 38.5 Å². The van der Waals surface area contributed by atoms with Crippen molar-refractivity contribution in [3.05, 3.63) is 95.9 Å². The summed E-state index contributed by atoms with van der Waals surface area (Å²) in [5.74, 6) is 0.287. The van der Waals surface area contributed by atoms with Crippen LogP contribution in [0.15, 0.2) is 83.5 Å². The minimum Gasteiger partial charge on any atom is -0.459 e. The third-order valence-corrected chi connectivity index (χ3v) is 5.47. The molecular weight excluding hydrogens is 378 g/mol. The maximum Gasteiger partial charge on any atom is 0.289 e. The molecule has 6 heteroatoms. The van der Waals surface area contributed by atoms with E-state index in [9.17, 15) is 9.59 Å². The molecule has 1 fully saturated rings. The number of hydrogen-bond acceptors (Lipinski definition) is 3. The van der Waals surface area contributed by atoms with E-state index in [1.807, 2.05) is 60.7 Å². The fourth-order valence-corrected chi connectivity index (χ4v) is 3.85. The number of benzene rings is 2. The van der Waals surface area contributed by atoms with Crippen LogP contribution in [0, 0.1) is 0 Å². The number of amides is 2. The van der Waals surface area contributed by atoms with Gasteiger partial charge in [0.2, 0.25) is 0 Å². The third-order valence-electron chi connectivity index (χ3n) is 5.47. The molecular formula is C24H26N3O3+. The van der Waals surface area contributed by atoms with Gasteiger partial charge in [0, 0.05) is 0 Å². The van der Waals surface area contributed by atoms with Crippen LogP contribution in [0.2, 0.25) is 0 Å². The minimum absolute atomic E-state index is 0.00789. The molecule has 3 aromatic rings. The van der Waals surface area contributed by atoms with Crippen molar-refractivity contribution in [1.82, 2.24) is 10.2 Å². The van der Waals surface area contributed by atoms with Gasteiger partial charge in [0.25, 0.3) is 11.8 Å². The number of rotatable bonds is 6. The summed E-state index contributed by atoms with van der Waals surface area (Å²) >= 11 is 0. The van der Waals surface area contributed by atoms with Gasteiger partial charge in [-0.15, -0.1) is 0 Å². The minimum atomic E-state index is -0.180. The summed E-state index contributed by atoms with van der Waals surface area (Å²) in [4.78, 5) is 28.2. The van der Waals surface area contributed by atoms with Crippen molar-refractivity contribution in [2.24, 2.45) is 0 Å². The molecule has 0 atom stereocenters. The molecule has 0 aliphatic carbocycles. The smallest absolute Gasteiger partial charge is 0.289 e. The van der Waals surface area contributed by atoms with E-state index in [1.54, 1.807) is 17.0 Å². The Kier molecular flexibility index (Phi) is 6.25. The van der Waals surface area contributed by atoms with Crippen LogP contribution in [0.25, 0.3) is 0 Å². The molecule has 154 valence electrons. The largest absolute Gasteiger partial charge is 0.459 e. The van der Waals surface area contributed by atoms with Gasteiger partial charge in [0.15, 0.2) is 12.3 Å². The predicted molar refractivity (Wildman–Crippen MR) is 113 cm³/mol. The zero-order chi connectivity index (χ0) is 20.8. The molecule has 0 spiro atoms. The highest BCUT2D eigenvalue weighted by Gasteiger charge is 2.28. The zero-order valence-corrected chi connectivity index (χ0v) is 16.8. The van der Waals surface area contributed by atoms with E-state index in [2.05, 4.69) is 5.32 Å². The van der Waals surface area contributed by atoms with Gasteiger partial charge in [0.1, 0.15) is 0 Å². The maximum absolute atomic E-state index is 12.8. The molecule has 1 aliphatic heterocycles. The molecule has 4 rings (SSSR count). The first-order valence-corrected chi connectivity index (χ1v) is 10.3. The van der Waals surface area contributed by atoms with Gasteiger partial charge in [-0.05, 0) is 23.3 Å². The second-order valence-electron chi connectivity index (χ2n) is 7.52. The number of hydrogen-bond donors (Lipinski definition) is 2. The Hall–Kier alpha value is -3.38. The molecule has 1 aromatic heterocycles. The second-order valence-corrected chi connectivity index (χ2v) is 7.52. The Morgan fingerprint density at radius 2 is 1.50 bits per heavy atom. The van der Waals surface area contributed by atoms with E-state index in [0.717, 1.165) is 24.2 Å². The van der Waals surface area contributed by atoms with E-state index in [-0.39, 0.29) is 17.9 Å². The van der Waals surface area contributed by atoms with E-state index >= 15 is 0 Å². The standard InChI is InChI=1S/C24H25N3O3/c28-22(18-26-13-15-27(16-14-26)24(29)21-12-7-17-30-21)25-23(19-8-3-1-4-9-19)20-10-5-2-6-11-20/h1-12,17,23H,13-16,18H2,(H,25,28)/p+1. The Bertz CT molecular complexity index is 910. The molecule has 2 N–H and O–H groups in total. The summed E-state index contributed by atoms with van der Waals surface area (Å²) in [6.07, 6.45) is 1.51. The number of piperazine rings is 1. The molecule has 2 amide bonds. The Labute approximate surface area is 176 Å². The van der Waals surface area contributed by atoms with Crippen LogP contribution < -0.4 is 10.2 Å². The lowest BCUT2D eigenvalue weighted by atomic mass is 9.99. The molecule has 6 nitrogen and oxygen atoms in total. The molecule has 30 heavy (non-hydrogen) atoms. The third kappa shape index (κ3) is 4.78. The van der Waals surface area contributed by atoms with Gasteiger partial charge < -0.3 is 19.5 Å². The van der Waals surface area contributed by atoms with Crippen molar-refractivity contribution in [3.63, 3.8) is 0 Å². The van der Waals surface area contributed by atoms with E-state index < -0.39 is 0 Å². The first-order chi connectivity index (χ1) is 14.7. The molecule has 2 heterocycles. The summed E-state index contributed by atoms with van der Waals surface area (Å²) in [6, 6.07) is 23.2. The molecule has 1 aliphatic rings. The van der Waals surface area contributed by atoms with Crippen LogP contribution >= 0.6 is 0 Å². The Morgan fingerprint density at radius 1 is 0.900 bits per heavy atom. The first-order valence-electron chi connectivity index (χ1n) is 10.3. The number of nitrogens with zero attached hydrogens (tertiary/aromatic N) is 1. The molecule has 0 radical (unpaired) electrons. The SMILES string of the molecule is O=C(C[NH+]1CCN(C(=O)c2ccco2)CC1)NC(c1ccccc1)c1ccccc1. The topological polar surface area (TPSA) is 67.0 Å². The van der Waals surface area contributed by atoms with Crippen LogP contribution in [0.3, 0.4) is 0 Å². The average Bonchev–Trinajstić information content (AvgIpc) is 3.34. The molecule has 0 unspecified atom stereocenters. The number of nitrogens with one attached hydrogen (secondary N) is 2. The lowest BCUT2D eigenvalue weighted by Crippen LogP contribution is -3.15. The van der Waals surface area contributed by atoms with Crippen molar-refractivity contribution in [2.75, 3.05) is 32.7 Å². The van der Waals surface area contributed by atoms with Crippen molar-refractivity contribution >= 4 is 11.8 Å². The quantitative estimate of drug-likeness (QED) is 0.655. The lowest BCUT2D eigenvalue weighted by molar-refractivity contribution is -0.896. The average molecular weight is 404 g/mol. The molecule has 1 saturated heterocycles. The molecule has 0 saturated carbocycles. The number of carbonyl (C=O) groups excluding carboxylic acids is 2. The van der Waals surface area contributed by atoms with Crippen molar-refractivity contribution in [3.8, 4) is 0 Å². The molecule has 2 aromatic carbocycles. The van der Waals surface area contributed by atoms with E-state index in [0.29, 0.717) is 25.4 Å². The highest BCUT2D eigenvalue weighted by Crippen LogP contribution is 2.21. The second kappa shape index (κ2) is 9.41. The van der Waals surface area contributed by atoms with Crippen LogP contribution in [-0.2, 0) is 4.79 Å². The summed E-state index contributed by atoms with van der Waals surface area (Å²) in [5, 5.41) is 3.20. The number of furan rings is 1. The van der Waals surface area contributed by atoms with Gasteiger partial charge in [-0.2, -0.15) is 0 Å². The van der Waals surface area contributed by atoms with Gasteiger partial charge >= 0.3 is 0 Å². The monoisotopic (exact) mass is 404 g/mol.